The van der Waals surface area contributed by atoms with Crippen molar-refractivity contribution in [2.75, 3.05) is 11.9 Å². The van der Waals surface area contributed by atoms with Crippen LogP contribution in [0.1, 0.15) is 52.1 Å². The van der Waals surface area contributed by atoms with E-state index in [9.17, 15) is 14.4 Å². The molecule has 0 bridgehead atoms. The largest absolute Gasteiger partial charge is 0.326 e. The Balaban J connectivity index is 1.70. The molecule has 0 saturated heterocycles. The van der Waals surface area contributed by atoms with Gasteiger partial charge in [0.2, 0.25) is 5.91 Å². The fourth-order valence-electron chi connectivity index (χ4n) is 3.31. The first-order valence-electron chi connectivity index (χ1n) is 9.03. The van der Waals surface area contributed by atoms with Gasteiger partial charge < -0.3 is 5.32 Å². The Kier molecular flexibility index (Phi) is 5.61. The monoisotopic (exact) mass is 384 g/mol. The van der Waals surface area contributed by atoms with Crippen LogP contribution >= 0.6 is 11.6 Å². The standard InChI is InChI=1S/C21H21ClN2O3/c1-3-13-7-5-8-14(4-2)19(13)23-17(25)11-12-24-20(26)15-9-6-10-16(22)18(15)21(24)27/h5-10H,3-4,11-12H2,1-2H3,(H,23,25). The molecule has 2 aromatic rings. The summed E-state index contributed by atoms with van der Waals surface area (Å²) in [6.45, 7) is 4.09. The van der Waals surface area contributed by atoms with Crippen LogP contribution in [0.4, 0.5) is 5.69 Å². The molecule has 3 rings (SSSR count). The molecular weight excluding hydrogens is 364 g/mol. The maximum Gasteiger partial charge on any atom is 0.263 e. The Morgan fingerprint density at radius 1 is 1.00 bits per heavy atom. The number of halogens is 1. The maximum atomic E-state index is 12.5. The summed E-state index contributed by atoms with van der Waals surface area (Å²) in [5.41, 5.74) is 3.47. The number of carbonyl (C=O) groups is 3. The van der Waals surface area contributed by atoms with Gasteiger partial charge in [-0.05, 0) is 36.1 Å². The molecule has 27 heavy (non-hydrogen) atoms. The Morgan fingerprint density at radius 2 is 1.63 bits per heavy atom. The average Bonchev–Trinajstić information content (AvgIpc) is 2.91. The van der Waals surface area contributed by atoms with Gasteiger partial charge in [-0.3, -0.25) is 19.3 Å². The Morgan fingerprint density at radius 3 is 2.22 bits per heavy atom. The summed E-state index contributed by atoms with van der Waals surface area (Å²) in [5.74, 6) is -1.08. The van der Waals surface area contributed by atoms with Gasteiger partial charge in [0.15, 0.2) is 0 Å². The van der Waals surface area contributed by atoms with Crippen molar-refractivity contribution < 1.29 is 14.4 Å². The van der Waals surface area contributed by atoms with Crippen molar-refractivity contribution in [1.29, 1.82) is 0 Å². The zero-order valence-electron chi connectivity index (χ0n) is 15.3. The second-order valence-electron chi connectivity index (χ2n) is 6.38. The number of hydrogen-bond donors (Lipinski definition) is 1. The number of para-hydroxylation sites is 1. The highest BCUT2D eigenvalue weighted by molar-refractivity contribution is 6.37. The predicted octanol–water partition coefficient (Wildman–Crippen LogP) is 4.09. The molecule has 0 fully saturated rings. The van der Waals surface area contributed by atoms with Crippen molar-refractivity contribution in [3.8, 4) is 0 Å². The van der Waals surface area contributed by atoms with E-state index in [-0.39, 0.29) is 35.0 Å². The van der Waals surface area contributed by atoms with Gasteiger partial charge in [0, 0.05) is 18.7 Å². The second kappa shape index (κ2) is 7.92. The summed E-state index contributed by atoms with van der Waals surface area (Å²) in [6.07, 6.45) is 1.64. The van der Waals surface area contributed by atoms with Crippen molar-refractivity contribution >= 4 is 35.0 Å². The fraction of sp³-hybridized carbons (Fsp3) is 0.286. The normalized spacial score (nSPS) is 13.1. The molecule has 1 aliphatic rings. The third-order valence-corrected chi connectivity index (χ3v) is 5.09. The molecule has 0 atom stereocenters. The van der Waals surface area contributed by atoms with E-state index in [1.807, 2.05) is 32.0 Å². The molecule has 140 valence electrons. The van der Waals surface area contributed by atoms with E-state index in [0.717, 1.165) is 34.6 Å². The third-order valence-electron chi connectivity index (χ3n) is 4.77. The molecule has 0 aliphatic carbocycles. The molecule has 2 aromatic carbocycles. The first-order chi connectivity index (χ1) is 13.0. The van der Waals surface area contributed by atoms with Crippen LogP contribution in [0, 0.1) is 0 Å². The fourth-order valence-corrected chi connectivity index (χ4v) is 3.57. The number of aryl methyl sites for hydroxylation is 2. The van der Waals surface area contributed by atoms with Crippen molar-refractivity contribution in [3.05, 3.63) is 63.7 Å². The van der Waals surface area contributed by atoms with Crippen LogP contribution in [-0.4, -0.2) is 29.2 Å². The lowest BCUT2D eigenvalue weighted by molar-refractivity contribution is -0.116. The third kappa shape index (κ3) is 3.60. The predicted molar refractivity (Wildman–Crippen MR) is 105 cm³/mol. The molecule has 0 saturated carbocycles. The van der Waals surface area contributed by atoms with E-state index in [1.165, 1.54) is 0 Å². The number of nitrogens with one attached hydrogen (secondary N) is 1. The number of benzene rings is 2. The van der Waals surface area contributed by atoms with E-state index in [4.69, 9.17) is 11.6 Å². The van der Waals surface area contributed by atoms with Crippen molar-refractivity contribution in [2.45, 2.75) is 33.1 Å². The van der Waals surface area contributed by atoms with Gasteiger partial charge in [-0.2, -0.15) is 0 Å². The van der Waals surface area contributed by atoms with E-state index in [1.54, 1.807) is 18.2 Å². The molecule has 6 heteroatoms. The Bertz CT molecular complexity index is 901. The van der Waals surface area contributed by atoms with Crippen LogP contribution in [0.5, 0.6) is 0 Å². The second-order valence-corrected chi connectivity index (χ2v) is 6.79. The minimum atomic E-state index is -0.448. The molecule has 5 nitrogen and oxygen atoms in total. The van der Waals surface area contributed by atoms with Crippen molar-refractivity contribution in [1.82, 2.24) is 4.90 Å². The molecule has 0 radical (unpaired) electrons. The summed E-state index contributed by atoms with van der Waals surface area (Å²) in [6, 6.07) is 10.7. The minimum Gasteiger partial charge on any atom is -0.326 e. The quantitative estimate of drug-likeness (QED) is 0.763. The summed E-state index contributed by atoms with van der Waals surface area (Å²) >= 11 is 6.05. The minimum absolute atomic E-state index is 0.0181. The smallest absolute Gasteiger partial charge is 0.263 e. The summed E-state index contributed by atoms with van der Waals surface area (Å²) in [7, 11) is 0. The lowest BCUT2D eigenvalue weighted by Gasteiger charge is -2.16. The van der Waals surface area contributed by atoms with E-state index in [2.05, 4.69) is 5.32 Å². The number of nitrogens with zero attached hydrogens (tertiary/aromatic N) is 1. The number of fused-ring (bicyclic) bond motifs is 1. The highest BCUT2D eigenvalue weighted by atomic mass is 35.5. The molecule has 0 unspecified atom stereocenters. The summed E-state index contributed by atoms with van der Waals surface area (Å²) in [4.78, 5) is 38.5. The average molecular weight is 385 g/mol. The number of imide groups is 1. The zero-order valence-corrected chi connectivity index (χ0v) is 16.1. The Labute approximate surface area is 163 Å². The van der Waals surface area contributed by atoms with Crippen LogP contribution in [0.3, 0.4) is 0 Å². The van der Waals surface area contributed by atoms with Crippen LogP contribution in [0.25, 0.3) is 0 Å². The van der Waals surface area contributed by atoms with Crippen LogP contribution in [0.15, 0.2) is 36.4 Å². The molecule has 1 N–H and O–H groups in total. The van der Waals surface area contributed by atoms with E-state index < -0.39 is 11.8 Å². The van der Waals surface area contributed by atoms with Crippen molar-refractivity contribution in [2.24, 2.45) is 0 Å². The van der Waals surface area contributed by atoms with Crippen LogP contribution in [-0.2, 0) is 17.6 Å². The van der Waals surface area contributed by atoms with Gasteiger partial charge in [-0.25, -0.2) is 0 Å². The summed E-state index contributed by atoms with van der Waals surface area (Å²) < 4.78 is 0. The first kappa shape index (κ1) is 19.1. The van der Waals surface area contributed by atoms with E-state index in [0.29, 0.717) is 0 Å². The summed E-state index contributed by atoms with van der Waals surface area (Å²) in [5, 5.41) is 3.20. The number of hydrogen-bond acceptors (Lipinski definition) is 3. The number of carbonyl (C=O) groups excluding carboxylic acids is 3. The van der Waals surface area contributed by atoms with E-state index >= 15 is 0 Å². The zero-order chi connectivity index (χ0) is 19.6. The highest BCUT2D eigenvalue weighted by Crippen LogP contribution is 2.29. The SMILES string of the molecule is CCc1cccc(CC)c1NC(=O)CCN1C(=O)c2cccc(Cl)c2C1=O. The van der Waals surface area contributed by atoms with Gasteiger partial charge >= 0.3 is 0 Å². The van der Waals surface area contributed by atoms with Gasteiger partial charge in [0.25, 0.3) is 11.8 Å². The highest BCUT2D eigenvalue weighted by Gasteiger charge is 2.37. The molecule has 0 spiro atoms. The van der Waals surface area contributed by atoms with Gasteiger partial charge in [-0.1, -0.05) is 49.7 Å². The van der Waals surface area contributed by atoms with Gasteiger partial charge in [0.1, 0.15) is 0 Å². The maximum absolute atomic E-state index is 12.5. The molecule has 0 aromatic heterocycles. The molecule has 1 aliphatic heterocycles. The number of rotatable bonds is 6. The lowest BCUT2D eigenvalue weighted by Crippen LogP contribution is -2.33. The molecule has 1 heterocycles. The molecular formula is C21H21ClN2O3. The topological polar surface area (TPSA) is 66.5 Å². The van der Waals surface area contributed by atoms with Gasteiger partial charge in [-0.15, -0.1) is 0 Å². The number of anilines is 1. The van der Waals surface area contributed by atoms with Gasteiger partial charge in [0.05, 0.1) is 16.1 Å². The Hall–Kier alpha value is -2.66. The lowest BCUT2D eigenvalue weighted by atomic mass is 10.0. The van der Waals surface area contributed by atoms with Crippen LogP contribution < -0.4 is 5.32 Å². The van der Waals surface area contributed by atoms with Crippen molar-refractivity contribution in [3.63, 3.8) is 0 Å². The first-order valence-corrected chi connectivity index (χ1v) is 9.41. The van der Waals surface area contributed by atoms with Crippen LogP contribution in [0.2, 0.25) is 5.02 Å². The molecule has 3 amide bonds. The number of amides is 3.